The summed E-state index contributed by atoms with van der Waals surface area (Å²) in [5.41, 5.74) is 0. The molecule has 1 aromatic heterocycles. The van der Waals surface area contributed by atoms with Gasteiger partial charge in [-0.3, -0.25) is 4.99 Å². The van der Waals surface area contributed by atoms with Crippen LogP contribution >= 0.6 is 11.3 Å². The van der Waals surface area contributed by atoms with Crippen molar-refractivity contribution in [3.63, 3.8) is 0 Å². The SMILES string of the molecule is C=CCCCCCN(C)C(=NC)NCCc1cccs1. The lowest BCUT2D eigenvalue weighted by Gasteiger charge is -2.22. The van der Waals surface area contributed by atoms with E-state index in [0.717, 1.165) is 31.9 Å². The van der Waals surface area contributed by atoms with Crippen molar-refractivity contribution in [1.29, 1.82) is 0 Å². The van der Waals surface area contributed by atoms with Gasteiger partial charge in [-0.25, -0.2) is 0 Å². The second-order valence-electron chi connectivity index (χ2n) is 4.86. The molecule has 112 valence electrons. The molecule has 1 aromatic rings. The lowest BCUT2D eigenvalue weighted by Crippen LogP contribution is -2.40. The van der Waals surface area contributed by atoms with Gasteiger partial charge >= 0.3 is 0 Å². The molecule has 20 heavy (non-hydrogen) atoms. The molecular formula is C16H27N3S. The van der Waals surface area contributed by atoms with Gasteiger partial charge < -0.3 is 10.2 Å². The molecule has 0 bridgehead atoms. The molecular weight excluding hydrogens is 266 g/mol. The zero-order valence-corrected chi connectivity index (χ0v) is 13.6. The minimum absolute atomic E-state index is 0.938. The summed E-state index contributed by atoms with van der Waals surface area (Å²) in [5.74, 6) is 0.991. The lowest BCUT2D eigenvalue weighted by molar-refractivity contribution is 0.456. The average Bonchev–Trinajstić information content (AvgIpc) is 2.96. The summed E-state index contributed by atoms with van der Waals surface area (Å²) in [4.78, 5) is 7.97. The quantitative estimate of drug-likeness (QED) is 0.326. The Kier molecular flexibility index (Phi) is 8.79. The first-order valence-corrected chi connectivity index (χ1v) is 8.21. The third-order valence-corrected chi connectivity index (χ3v) is 4.15. The highest BCUT2D eigenvalue weighted by atomic mass is 32.1. The Morgan fingerprint density at radius 1 is 1.45 bits per heavy atom. The number of aliphatic imine (C=N–C) groups is 1. The molecule has 1 heterocycles. The van der Waals surface area contributed by atoms with E-state index in [2.05, 4.69) is 46.3 Å². The minimum Gasteiger partial charge on any atom is -0.356 e. The molecule has 0 saturated heterocycles. The average molecular weight is 293 g/mol. The maximum absolute atomic E-state index is 4.34. The molecule has 0 fully saturated rings. The van der Waals surface area contributed by atoms with Crippen molar-refractivity contribution in [3.8, 4) is 0 Å². The molecule has 3 nitrogen and oxygen atoms in total. The van der Waals surface area contributed by atoms with Crippen molar-refractivity contribution in [1.82, 2.24) is 10.2 Å². The predicted molar refractivity (Wildman–Crippen MR) is 90.7 cm³/mol. The smallest absolute Gasteiger partial charge is 0.193 e. The van der Waals surface area contributed by atoms with E-state index in [1.54, 1.807) is 0 Å². The van der Waals surface area contributed by atoms with E-state index in [4.69, 9.17) is 0 Å². The number of nitrogens with one attached hydrogen (secondary N) is 1. The fourth-order valence-electron chi connectivity index (χ4n) is 2.06. The molecule has 1 rings (SSSR count). The van der Waals surface area contributed by atoms with Gasteiger partial charge in [0.2, 0.25) is 0 Å². The molecule has 4 heteroatoms. The topological polar surface area (TPSA) is 27.6 Å². The van der Waals surface area contributed by atoms with Crippen LogP contribution in [0, 0.1) is 0 Å². The molecule has 0 atom stereocenters. The highest BCUT2D eigenvalue weighted by molar-refractivity contribution is 7.09. The number of nitrogens with zero attached hydrogens (tertiary/aromatic N) is 2. The van der Waals surface area contributed by atoms with Crippen LogP contribution in [0.1, 0.15) is 30.6 Å². The fraction of sp³-hybridized carbons (Fsp3) is 0.562. The van der Waals surface area contributed by atoms with Crippen LogP contribution in [0.3, 0.4) is 0 Å². The maximum Gasteiger partial charge on any atom is 0.193 e. The van der Waals surface area contributed by atoms with Crippen molar-refractivity contribution in [2.75, 3.05) is 27.2 Å². The van der Waals surface area contributed by atoms with Gasteiger partial charge in [-0.05, 0) is 37.1 Å². The first kappa shape index (κ1) is 16.8. The van der Waals surface area contributed by atoms with E-state index in [0.29, 0.717) is 0 Å². The summed E-state index contributed by atoms with van der Waals surface area (Å²) in [6.45, 7) is 5.74. The van der Waals surface area contributed by atoms with Crippen molar-refractivity contribution in [3.05, 3.63) is 35.0 Å². The minimum atomic E-state index is 0.938. The van der Waals surface area contributed by atoms with E-state index in [1.165, 1.54) is 24.1 Å². The first-order chi connectivity index (χ1) is 9.77. The maximum atomic E-state index is 4.34. The number of guanidine groups is 1. The number of thiophene rings is 1. The van der Waals surface area contributed by atoms with Crippen LogP contribution in [-0.4, -0.2) is 38.0 Å². The summed E-state index contributed by atoms with van der Waals surface area (Å²) in [6.07, 6.45) is 7.87. The van der Waals surface area contributed by atoms with Gasteiger partial charge in [-0.2, -0.15) is 0 Å². The van der Waals surface area contributed by atoms with Crippen molar-refractivity contribution < 1.29 is 0 Å². The summed E-state index contributed by atoms with van der Waals surface area (Å²) in [6, 6.07) is 4.28. The van der Waals surface area contributed by atoms with Gasteiger partial charge in [0, 0.05) is 32.1 Å². The van der Waals surface area contributed by atoms with Crippen LogP contribution < -0.4 is 5.32 Å². The largest absolute Gasteiger partial charge is 0.356 e. The van der Waals surface area contributed by atoms with Gasteiger partial charge in [0.1, 0.15) is 0 Å². The van der Waals surface area contributed by atoms with Crippen LogP contribution in [-0.2, 0) is 6.42 Å². The molecule has 0 aromatic carbocycles. The summed E-state index contributed by atoms with van der Waals surface area (Å²) in [7, 11) is 3.95. The Bertz CT molecular complexity index is 384. The van der Waals surface area contributed by atoms with Crippen LogP contribution in [0.25, 0.3) is 0 Å². The number of rotatable bonds is 9. The van der Waals surface area contributed by atoms with Crippen molar-refractivity contribution in [2.45, 2.75) is 32.1 Å². The van der Waals surface area contributed by atoms with E-state index in [9.17, 15) is 0 Å². The molecule has 0 aliphatic carbocycles. The highest BCUT2D eigenvalue weighted by Gasteiger charge is 2.04. The van der Waals surface area contributed by atoms with Gasteiger partial charge in [-0.1, -0.05) is 18.6 Å². The number of hydrogen-bond acceptors (Lipinski definition) is 2. The Morgan fingerprint density at radius 3 is 2.95 bits per heavy atom. The fourth-order valence-corrected chi connectivity index (χ4v) is 2.77. The Morgan fingerprint density at radius 2 is 2.30 bits per heavy atom. The zero-order chi connectivity index (χ0) is 14.6. The van der Waals surface area contributed by atoms with Crippen molar-refractivity contribution in [2.24, 2.45) is 4.99 Å². The normalized spacial score (nSPS) is 11.4. The number of allylic oxidation sites excluding steroid dienone is 1. The predicted octanol–water partition coefficient (Wildman–Crippen LogP) is 3.54. The van der Waals surface area contributed by atoms with Gasteiger partial charge in [-0.15, -0.1) is 17.9 Å². The second-order valence-corrected chi connectivity index (χ2v) is 5.90. The highest BCUT2D eigenvalue weighted by Crippen LogP contribution is 2.08. The zero-order valence-electron chi connectivity index (χ0n) is 12.8. The van der Waals surface area contributed by atoms with E-state index < -0.39 is 0 Å². The summed E-state index contributed by atoms with van der Waals surface area (Å²) >= 11 is 1.81. The molecule has 0 amide bonds. The number of unbranched alkanes of at least 4 members (excludes halogenated alkanes) is 3. The van der Waals surface area contributed by atoms with Gasteiger partial charge in [0.15, 0.2) is 5.96 Å². The Hall–Kier alpha value is -1.29. The molecule has 0 aliphatic rings. The third kappa shape index (κ3) is 6.75. The molecule has 0 spiro atoms. The Balaban J connectivity index is 2.18. The molecule has 0 radical (unpaired) electrons. The second kappa shape index (κ2) is 10.5. The van der Waals surface area contributed by atoms with E-state index in [1.807, 2.05) is 24.5 Å². The molecule has 1 N–H and O–H groups in total. The van der Waals surface area contributed by atoms with Crippen LogP contribution in [0.15, 0.2) is 35.2 Å². The lowest BCUT2D eigenvalue weighted by atomic mass is 10.2. The Labute approximate surface area is 127 Å². The summed E-state index contributed by atoms with van der Waals surface area (Å²) < 4.78 is 0. The monoisotopic (exact) mass is 293 g/mol. The van der Waals surface area contributed by atoms with E-state index in [-0.39, 0.29) is 0 Å². The van der Waals surface area contributed by atoms with E-state index >= 15 is 0 Å². The third-order valence-electron chi connectivity index (χ3n) is 3.21. The standard InChI is InChI=1S/C16H27N3S/c1-4-5-6-7-8-13-19(3)16(17-2)18-12-11-15-10-9-14-20-15/h4,9-10,14H,1,5-8,11-13H2,2-3H3,(H,17,18). The van der Waals surface area contributed by atoms with Crippen LogP contribution in [0.2, 0.25) is 0 Å². The molecule has 0 aliphatic heterocycles. The number of hydrogen-bond donors (Lipinski definition) is 1. The molecule has 0 saturated carbocycles. The van der Waals surface area contributed by atoms with Gasteiger partial charge in [0.25, 0.3) is 0 Å². The molecule has 0 unspecified atom stereocenters. The van der Waals surface area contributed by atoms with Crippen LogP contribution in [0.4, 0.5) is 0 Å². The van der Waals surface area contributed by atoms with Crippen LogP contribution in [0.5, 0.6) is 0 Å². The van der Waals surface area contributed by atoms with Gasteiger partial charge in [0.05, 0.1) is 0 Å². The first-order valence-electron chi connectivity index (χ1n) is 7.33. The van der Waals surface area contributed by atoms with Crippen molar-refractivity contribution >= 4 is 17.3 Å². The summed E-state index contributed by atoms with van der Waals surface area (Å²) in [5, 5.41) is 5.55.